The fraction of sp³-hybridized carbons (Fsp3) is 0.722. The molecule has 3 fully saturated rings. The van der Waals surface area contributed by atoms with E-state index in [4.69, 9.17) is 4.74 Å². The number of likely N-dealkylation sites (tertiary alicyclic amines) is 1. The Labute approximate surface area is 141 Å². The van der Waals surface area contributed by atoms with Gasteiger partial charge in [0.25, 0.3) is 11.5 Å². The summed E-state index contributed by atoms with van der Waals surface area (Å²) in [5, 5.41) is 0. The summed E-state index contributed by atoms with van der Waals surface area (Å²) < 4.78 is 5.96. The Morgan fingerprint density at radius 2 is 2.17 bits per heavy atom. The zero-order valence-corrected chi connectivity index (χ0v) is 14.4. The summed E-state index contributed by atoms with van der Waals surface area (Å²) in [6.07, 6.45) is 4.19. The lowest BCUT2D eigenvalue weighted by molar-refractivity contribution is 0.00171. The van der Waals surface area contributed by atoms with Crippen molar-refractivity contribution in [2.45, 2.75) is 51.6 Å². The molecule has 6 heteroatoms. The van der Waals surface area contributed by atoms with Crippen molar-refractivity contribution in [2.24, 2.45) is 11.3 Å². The Balaban J connectivity index is 1.59. The number of aromatic amines is 1. The number of nitrogens with one attached hydrogen (secondary N) is 1. The molecule has 0 radical (unpaired) electrons. The Morgan fingerprint density at radius 1 is 1.38 bits per heavy atom. The molecule has 2 atom stereocenters. The molecule has 1 N–H and O–H groups in total. The van der Waals surface area contributed by atoms with Gasteiger partial charge in [-0.15, -0.1) is 0 Å². The molecule has 0 aromatic carbocycles. The third kappa shape index (κ3) is 2.88. The number of carbonyl (C=O) groups excluding carboxylic acids is 1. The first-order valence-corrected chi connectivity index (χ1v) is 8.96. The molecule has 1 aromatic heterocycles. The monoisotopic (exact) mass is 331 g/mol. The van der Waals surface area contributed by atoms with E-state index in [1.807, 2.05) is 4.90 Å². The van der Waals surface area contributed by atoms with E-state index in [2.05, 4.69) is 23.8 Å². The molecule has 1 saturated carbocycles. The van der Waals surface area contributed by atoms with E-state index in [1.165, 1.54) is 6.07 Å². The SMILES string of the molecule is CC1(C)CCN(C(=O)c2cc(=O)[nH]c(C3CC3)n2)C[C@@H]2CCO[C@@H]21. The van der Waals surface area contributed by atoms with E-state index in [0.29, 0.717) is 30.7 Å². The number of fused-ring (bicyclic) bond motifs is 1. The van der Waals surface area contributed by atoms with Gasteiger partial charge in [0.2, 0.25) is 0 Å². The third-order valence-electron chi connectivity index (χ3n) is 5.70. The molecule has 3 heterocycles. The maximum Gasteiger partial charge on any atom is 0.272 e. The van der Waals surface area contributed by atoms with Crippen molar-refractivity contribution in [2.75, 3.05) is 19.7 Å². The van der Waals surface area contributed by atoms with Gasteiger partial charge in [-0.05, 0) is 31.1 Å². The molecule has 3 aliphatic rings. The first-order valence-electron chi connectivity index (χ1n) is 8.96. The van der Waals surface area contributed by atoms with Crippen molar-refractivity contribution in [1.82, 2.24) is 14.9 Å². The molecular formula is C18H25N3O3. The molecule has 130 valence electrons. The summed E-state index contributed by atoms with van der Waals surface area (Å²) in [4.78, 5) is 34.0. The number of H-pyrrole nitrogens is 1. The minimum absolute atomic E-state index is 0.0664. The van der Waals surface area contributed by atoms with E-state index < -0.39 is 0 Å². The smallest absolute Gasteiger partial charge is 0.272 e. The summed E-state index contributed by atoms with van der Waals surface area (Å²) in [5.41, 5.74) is 0.125. The topological polar surface area (TPSA) is 75.3 Å². The quantitative estimate of drug-likeness (QED) is 0.898. The van der Waals surface area contributed by atoms with Crippen LogP contribution < -0.4 is 5.56 Å². The van der Waals surface area contributed by atoms with Crippen LogP contribution in [0.25, 0.3) is 0 Å². The molecule has 0 bridgehead atoms. The van der Waals surface area contributed by atoms with Crippen molar-refractivity contribution < 1.29 is 9.53 Å². The lowest BCUT2D eigenvalue weighted by atomic mass is 9.78. The minimum Gasteiger partial charge on any atom is -0.377 e. The highest BCUT2D eigenvalue weighted by atomic mass is 16.5. The van der Waals surface area contributed by atoms with Gasteiger partial charge in [0.1, 0.15) is 11.5 Å². The van der Waals surface area contributed by atoms with Gasteiger partial charge in [0.15, 0.2) is 0 Å². The van der Waals surface area contributed by atoms with Crippen molar-refractivity contribution in [3.05, 3.63) is 27.9 Å². The molecule has 2 saturated heterocycles. The molecule has 0 spiro atoms. The number of rotatable bonds is 2. The molecule has 2 aliphatic heterocycles. The fourth-order valence-electron chi connectivity index (χ4n) is 4.11. The van der Waals surface area contributed by atoms with Crippen LogP contribution in [0.5, 0.6) is 0 Å². The third-order valence-corrected chi connectivity index (χ3v) is 5.70. The van der Waals surface area contributed by atoms with Gasteiger partial charge >= 0.3 is 0 Å². The fourth-order valence-corrected chi connectivity index (χ4v) is 4.11. The predicted octanol–water partition coefficient (Wildman–Crippen LogP) is 1.92. The standard InChI is InChI=1S/C18H25N3O3/c1-18(2)6-7-21(10-12-5-8-24-15(12)18)17(23)13-9-14(22)20-16(19-13)11-3-4-11/h9,11-12,15H,3-8,10H2,1-2H3,(H,19,20,22)/t12-,15-/m0/s1. The zero-order chi connectivity index (χ0) is 16.9. The average Bonchev–Trinajstić information content (AvgIpc) is 3.30. The summed E-state index contributed by atoms with van der Waals surface area (Å²) in [7, 11) is 0. The first-order chi connectivity index (χ1) is 11.4. The van der Waals surface area contributed by atoms with E-state index in [9.17, 15) is 9.59 Å². The number of aromatic nitrogens is 2. The zero-order valence-electron chi connectivity index (χ0n) is 14.4. The number of hydrogen-bond acceptors (Lipinski definition) is 4. The molecule has 1 amide bonds. The van der Waals surface area contributed by atoms with Crippen molar-refractivity contribution in [1.29, 1.82) is 0 Å². The Morgan fingerprint density at radius 3 is 2.92 bits per heavy atom. The van der Waals surface area contributed by atoms with E-state index >= 15 is 0 Å². The molecule has 0 unspecified atom stereocenters. The Hall–Kier alpha value is -1.69. The molecule has 4 rings (SSSR count). The van der Waals surface area contributed by atoms with Gasteiger partial charge in [0, 0.05) is 37.6 Å². The maximum absolute atomic E-state index is 13.0. The number of nitrogens with zero attached hydrogens (tertiary/aromatic N) is 2. The summed E-state index contributed by atoms with van der Waals surface area (Å²) in [6, 6.07) is 1.34. The first kappa shape index (κ1) is 15.8. The second-order valence-electron chi connectivity index (χ2n) is 8.12. The molecule has 1 aromatic rings. The molecular weight excluding hydrogens is 306 g/mol. The lowest BCUT2D eigenvalue weighted by Gasteiger charge is -2.31. The maximum atomic E-state index is 13.0. The molecule has 24 heavy (non-hydrogen) atoms. The van der Waals surface area contributed by atoms with Crippen molar-refractivity contribution >= 4 is 5.91 Å². The van der Waals surface area contributed by atoms with Gasteiger partial charge in [-0.2, -0.15) is 0 Å². The predicted molar refractivity (Wildman–Crippen MR) is 89.0 cm³/mol. The van der Waals surface area contributed by atoms with Crippen molar-refractivity contribution in [3.63, 3.8) is 0 Å². The lowest BCUT2D eigenvalue weighted by Crippen LogP contribution is -2.37. The summed E-state index contributed by atoms with van der Waals surface area (Å²) in [5.74, 6) is 1.24. The second kappa shape index (κ2) is 5.69. The largest absolute Gasteiger partial charge is 0.377 e. The summed E-state index contributed by atoms with van der Waals surface area (Å²) >= 11 is 0. The second-order valence-corrected chi connectivity index (χ2v) is 8.12. The number of ether oxygens (including phenoxy) is 1. The Bertz CT molecular complexity index is 708. The van der Waals surface area contributed by atoms with Crippen LogP contribution in [0.15, 0.2) is 10.9 Å². The minimum atomic E-state index is -0.229. The van der Waals surface area contributed by atoms with Crippen LogP contribution in [0, 0.1) is 11.3 Å². The highest BCUT2D eigenvalue weighted by Gasteiger charge is 2.44. The molecule has 6 nitrogen and oxygen atoms in total. The van der Waals surface area contributed by atoms with Gasteiger partial charge in [-0.25, -0.2) is 4.98 Å². The number of hydrogen-bond donors (Lipinski definition) is 1. The highest BCUT2D eigenvalue weighted by molar-refractivity contribution is 5.92. The van der Waals surface area contributed by atoms with Crippen LogP contribution in [-0.4, -0.2) is 46.6 Å². The highest BCUT2D eigenvalue weighted by Crippen LogP contribution is 2.41. The van der Waals surface area contributed by atoms with Crippen LogP contribution in [-0.2, 0) is 4.74 Å². The van der Waals surface area contributed by atoms with Crippen molar-refractivity contribution in [3.8, 4) is 0 Å². The average molecular weight is 331 g/mol. The van der Waals surface area contributed by atoms with Gasteiger partial charge in [-0.3, -0.25) is 9.59 Å². The van der Waals surface area contributed by atoms with Crippen LogP contribution in [0.4, 0.5) is 0 Å². The summed E-state index contributed by atoms with van der Waals surface area (Å²) in [6.45, 7) is 6.60. The Kier molecular flexibility index (Phi) is 3.75. The van der Waals surface area contributed by atoms with E-state index in [0.717, 1.165) is 32.3 Å². The van der Waals surface area contributed by atoms with Crippen LogP contribution in [0.1, 0.15) is 61.8 Å². The van der Waals surface area contributed by atoms with E-state index in [1.54, 1.807) is 0 Å². The number of carbonyl (C=O) groups is 1. The van der Waals surface area contributed by atoms with Crippen LogP contribution in [0.3, 0.4) is 0 Å². The number of amides is 1. The van der Waals surface area contributed by atoms with Gasteiger partial charge in [-0.1, -0.05) is 13.8 Å². The van der Waals surface area contributed by atoms with Crippen LogP contribution >= 0.6 is 0 Å². The van der Waals surface area contributed by atoms with Crippen LogP contribution in [0.2, 0.25) is 0 Å². The molecule has 1 aliphatic carbocycles. The van der Waals surface area contributed by atoms with Gasteiger partial charge in [0.05, 0.1) is 6.10 Å². The van der Waals surface area contributed by atoms with E-state index in [-0.39, 0.29) is 28.7 Å². The normalized spacial score (nSPS) is 29.2. The van der Waals surface area contributed by atoms with Gasteiger partial charge < -0.3 is 14.6 Å².